The maximum absolute atomic E-state index is 11.2. The lowest BCUT2D eigenvalue weighted by molar-refractivity contribution is -0.129. The SMILES string of the molecule is CC(=O)N1CC2CNCC2C1C. The van der Waals surface area contributed by atoms with Gasteiger partial charge in [0.2, 0.25) is 5.91 Å². The van der Waals surface area contributed by atoms with E-state index in [0.717, 1.165) is 19.6 Å². The molecule has 0 aliphatic carbocycles. The highest BCUT2D eigenvalue weighted by atomic mass is 16.2. The first-order valence-corrected chi connectivity index (χ1v) is 4.68. The molecule has 3 heteroatoms. The number of nitrogens with one attached hydrogen (secondary N) is 1. The quantitative estimate of drug-likeness (QED) is 0.555. The molecular formula is C9H16N2O. The Labute approximate surface area is 73.1 Å². The van der Waals surface area contributed by atoms with Crippen molar-refractivity contribution in [3.8, 4) is 0 Å². The predicted molar refractivity (Wildman–Crippen MR) is 46.7 cm³/mol. The van der Waals surface area contributed by atoms with Crippen LogP contribution in [0, 0.1) is 11.8 Å². The van der Waals surface area contributed by atoms with E-state index in [2.05, 4.69) is 12.2 Å². The average Bonchev–Trinajstić information content (AvgIpc) is 2.53. The number of fused-ring (bicyclic) bond motifs is 1. The topological polar surface area (TPSA) is 32.3 Å². The van der Waals surface area contributed by atoms with Crippen molar-refractivity contribution in [3.05, 3.63) is 0 Å². The van der Waals surface area contributed by atoms with Crippen LogP contribution in [-0.4, -0.2) is 36.5 Å². The van der Waals surface area contributed by atoms with Gasteiger partial charge in [0.25, 0.3) is 0 Å². The molecule has 3 unspecified atom stereocenters. The van der Waals surface area contributed by atoms with Crippen LogP contribution in [0.25, 0.3) is 0 Å². The molecule has 3 atom stereocenters. The van der Waals surface area contributed by atoms with Gasteiger partial charge < -0.3 is 10.2 Å². The first kappa shape index (κ1) is 8.05. The van der Waals surface area contributed by atoms with E-state index in [9.17, 15) is 4.79 Å². The van der Waals surface area contributed by atoms with E-state index in [-0.39, 0.29) is 5.91 Å². The number of likely N-dealkylation sites (tertiary alicyclic amines) is 1. The summed E-state index contributed by atoms with van der Waals surface area (Å²) in [4.78, 5) is 13.2. The molecule has 1 amide bonds. The van der Waals surface area contributed by atoms with Crippen molar-refractivity contribution in [2.45, 2.75) is 19.9 Å². The van der Waals surface area contributed by atoms with Crippen LogP contribution in [0.2, 0.25) is 0 Å². The van der Waals surface area contributed by atoms with Gasteiger partial charge in [-0.25, -0.2) is 0 Å². The second-order valence-corrected chi connectivity index (χ2v) is 3.99. The summed E-state index contributed by atoms with van der Waals surface area (Å²) in [5.74, 6) is 1.65. The fraction of sp³-hybridized carbons (Fsp3) is 0.889. The third-order valence-electron chi connectivity index (χ3n) is 3.34. The Morgan fingerprint density at radius 2 is 2.25 bits per heavy atom. The van der Waals surface area contributed by atoms with E-state index in [0.29, 0.717) is 17.9 Å². The summed E-state index contributed by atoms with van der Waals surface area (Å²) in [5, 5.41) is 3.38. The van der Waals surface area contributed by atoms with Crippen LogP contribution in [0.5, 0.6) is 0 Å². The number of hydrogen-bond acceptors (Lipinski definition) is 2. The van der Waals surface area contributed by atoms with Gasteiger partial charge in [-0.2, -0.15) is 0 Å². The number of carbonyl (C=O) groups excluding carboxylic acids is 1. The highest BCUT2D eigenvalue weighted by Crippen LogP contribution is 2.31. The first-order valence-electron chi connectivity index (χ1n) is 4.68. The smallest absolute Gasteiger partial charge is 0.219 e. The Hall–Kier alpha value is -0.570. The lowest BCUT2D eigenvalue weighted by atomic mass is 9.95. The molecule has 2 heterocycles. The molecule has 2 rings (SSSR count). The number of amides is 1. The monoisotopic (exact) mass is 168 g/mol. The zero-order valence-electron chi connectivity index (χ0n) is 7.71. The molecule has 0 aromatic heterocycles. The highest BCUT2D eigenvalue weighted by Gasteiger charge is 2.42. The Morgan fingerprint density at radius 3 is 2.83 bits per heavy atom. The molecule has 0 saturated carbocycles. The number of carbonyl (C=O) groups is 1. The van der Waals surface area contributed by atoms with Crippen LogP contribution in [0.4, 0.5) is 0 Å². The normalized spacial score (nSPS) is 40.2. The van der Waals surface area contributed by atoms with E-state index in [1.807, 2.05) is 4.90 Å². The molecule has 0 bridgehead atoms. The van der Waals surface area contributed by atoms with E-state index in [1.165, 1.54) is 0 Å². The van der Waals surface area contributed by atoms with Crippen molar-refractivity contribution in [3.63, 3.8) is 0 Å². The summed E-state index contributed by atoms with van der Waals surface area (Å²) in [6, 6.07) is 0.447. The molecule has 2 aliphatic rings. The van der Waals surface area contributed by atoms with Gasteiger partial charge in [-0.05, 0) is 18.8 Å². The fourth-order valence-electron chi connectivity index (χ4n) is 2.58. The lowest BCUT2D eigenvalue weighted by Crippen LogP contribution is -2.36. The Bertz CT molecular complexity index is 205. The van der Waals surface area contributed by atoms with Crippen LogP contribution in [-0.2, 0) is 4.79 Å². The van der Waals surface area contributed by atoms with E-state index >= 15 is 0 Å². The second kappa shape index (κ2) is 2.73. The highest BCUT2D eigenvalue weighted by molar-refractivity contribution is 5.74. The van der Waals surface area contributed by atoms with E-state index < -0.39 is 0 Å². The largest absolute Gasteiger partial charge is 0.340 e. The zero-order chi connectivity index (χ0) is 8.72. The summed E-state index contributed by atoms with van der Waals surface area (Å²) in [7, 11) is 0. The summed E-state index contributed by atoms with van der Waals surface area (Å²) >= 11 is 0. The van der Waals surface area contributed by atoms with Crippen molar-refractivity contribution in [1.29, 1.82) is 0 Å². The minimum Gasteiger partial charge on any atom is -0.340 e. The number of nitrogens with zero attached hydrogens (tertiary/aromatic N) is 1. The molecule has 2 saturated heterocycles. The van der Waals surface area contributed by atoms with Gasteiger partial charge in [0.1, 0.15) is 0 Å². The van der Waals surface area contributed by atoms with Gasteiger partial charge in [0.15, 0.2) is 0 Å². The van der Waals surface area contributed by atoms with Crippen LogP contribution in [0.1, 0.15) is 13.8 Å². The second-order valence-electron chi connectivity index (χ2n) is 3.99. The van der Waals surface area contributed by atoms with Crippen molar-refractivity contribution >= 4 is 5.91 Å². The fourth-order valence-corrected chi connectivity index (χ4v) is 2.58. The summed E-state index contributed by atoms with van der Waals surface area (Å²) in [6.07, 6.45) is 0. The maximum Gasteiger partial charge on any atom is 0.219 e. The number of rotatable bonds is 0. The third-order valence-corrected chi connectivity index (χ3v) is 3.34. The van der Waals surface area contributed by atoms with Crippen molar-refractivity contribution in [2.75, 3.05) is 19.6 Å². The van der Waals surface area contributed by atoms with Crippen molar-refractivity contribution in [1.82, 2.24) is 10.2 Å². The molecule has 0 radical (unpaired) electrons. The minimum absolute atomic E-state index is 0.233. The summed E-state index contributed by atoms with van der Waals surface area (Å²) in [6.45, 7) is 6.99. The van der Waals surface area contributed by atoms with Gasteiger partial charge in [0.05, 0.1) is 0 Å². The van der Waals surface area contributed by atoms with E-state index in [1.54, 1.807) is 6.92 Å². The standard InChI is InChI=1S/C9H16N2O/c1-6-9-4-10-3-8(9)5-11(6)7(2)12/h6,8-10H,3-5H2,1-2H3. The van der Waals surface area contributed by atoms with Crippen LogP contribution < -0.4 is 5.32 Å². The Balaban J connectivity index is 2.10. The van der Waals surface area contributed by atoms with Gasteiger partial charge in [-0.3, -0.25) is 4.79 Å². The molecular weight excluding hydrogens is 152 g/mol. The summed E-state index contributed by atoms with van der Waals surface area (Å²) < 4.78 is 0. The molecule has 3 nitrogen and oxygen atoms in total. The van der Waals surface area contributed by atoms with Gasteiger partial charge in [-0.1, -0.05) is 0 Å². The van der Waals surface area contributed by atoms with E-state index in [4.69, 9.17) is 0 Å². The Kier molecular flexibility index (Phi) is 1.83. The predicted octanol–water partition coefficient (Wildman–Crippen LogP) is 0.0726. The van der Waals surface area contributed by atoms with Crippen molar-refractivity contribution < 1.29 is 4.79 Å². The molecule has 0 aromatic carbocycles. The zero-order valence-corrected chi connectivity index (χ0v) is 7.71. The first-order chi connectivity index (χ1) is 5.70. The van der Waals surface area contributed by atoms with Gasteiger partial charge in [0, 0.05) is 32.6 Å². The van der Waals surface area contributed by atoms with Gasteiger partial charge >= 0.3 is 0 Å². The summed E-state index contributed by atoms with van der Waals surface area (Å²) in [5.41, 5.74) is 0. The molecule has 0 aromatic rings. The molecule has 2 fully saturated rings. The molecule has 0 spiro atoms. The van der Waals surface area contributed by atoms with Crippen LogP contribution in [0.3, 0.4) is 0 Å². The molecule has 68 valence electrons. The molecule has 1 N–H and O–H groups in total. The lowest BCUT2D eigenvalue weighted by Gasteiger charge is -2.22. The van der Waals surface area contributed by atoms with Crippen LogP contribution in [0.15, 0.2) is 0 Å². The number of hydrogen-bond donors (Lipinski definition) is 1. The third kappa shape index (κ3) is 1.04. The van der Waals surface area contributed by atoms with Gasteiger partial charge in [-0.15, -0.1) is 0 Å². The molecule has 2 aliphatic heterocycles. The maximum atomic E-state index is 11.2. The molecule has 12 heavy (non-hydrogen) atoms. The average molecular weight is 168 g/mol. The van der Waals surface area contributed by atoms with Crippen molar-refractivity contribution in [2.24, 2.45) is 11.8 Å². The minimum atomic E-state index is 0.233. The van der Waals surface area contributed by atoms with Crippen LogP contribution >= 0.6 is 0 Å². The Morgan fingerprint density at radius 1 is 1.50 bits per heavy atom.